The molecule has 0 amide bonds. The Hall–Kier alpha value is -0.584. The Morgan fingerprint density at radius 3 is 1.32 bits per heavy atom. The van der Waals surface area contributed by atoms with Gasteiger partial charge in [0.25, 0.3) is 9.04 Å². The molecule has 0 aliphatic carbocycles. The van der Waals surface area contributed by atoms with Crippen molar-refractivity contribution in [3.63, 3.8) is 0 Å². The zero-order valence-electron chi connectivity index (χ0n) is 14.7. The Balaban J connectivity index is 0.000000541. The van der Waals surface area contributed by atoms with Gasteiger partial charge in [0.15, 0.2) is 0 Å². The van der Waals surface area contributed by atoms with E-state index in [-0.39, 0.29) is 5.60 Å². The average molecular weight is 419 g/mol. The third kappa shape index (κ3) is 8.15. The molecular weight excluding hydrogens is 391 g/mol. The summed E-state index contributed by atoms with van der Waals surface area (Å²) in [7, 11) is -1.16. The number of rotatable bonds is 3. The van der Waals surface area contributed by atoms with E-state index < -0.39 is 28.8 Å². The summed E-state index contributed by atoms with van der Waals surface area (Å²) < 4.78 is 6.31. The van der Waals surface area contributed by atoms with Crippen molar-refractivity contribution in [2.75, 3.05) is 0 Å². The number of benzene rings is 2. The fourth-order valence-electron chi connectivity index (χ4n) is 1.77. The molecule has 0 heterocycles. The average Bonchev–Trinajstić information content (AvgIpc) is 2.45. The van der Waals surface area contributed by atoms with Crippen LogP contribution < -0.4 is 10.4 Å². The van der Waals surface area contributed by atoms with Crippen LogP contribution >= 0.6 is 0 Å². The summed E-state index contributed by atoms with van der Waals surface area (Å²) >= 11 is -0.543. The van der Waals surface area contributed by atoms with Gasteiger partial charge in [-0.15, -0.1) is 0 Å². The summed E-state index contributed by atoms with van der Waals surface area (Å²) in [5.41, 5.74) is -0.125. The molecule has 118 valence electrons. The molecule has 2 aromatic rings. The van der Waals surface area contributed by atoms with Gasteiger partial charge in [0.2, 0.25) is 0 Å². The quantitative estimate of drug-likeness (QED) is 0.685. The molecule has 0 unspecified atom stereocenters. The maximum atomic E-state index is 6.31. The van der Waals surface area contributed by atoms with Crippen LogP contribution in [0.1, 0.15) is 20.8 Å². The summed E-state index contributed by atoms with van der Waals surface area (Å²) in [5.74, 6) is 0. The molecule has 0 fully saturated rings. The van der Waals surface area contributed by atoms with Gasteiger partial charge in [0, 0.05) is 5.60 Å². The summed E-state index contributed by atoms with van der Waals surface area (Å²) in [6.07, 6.45) is 0. The molecule has 0 spiro atoms. The standard InChI is InChI=1S/C16H19OSi.3CH3.Sn/c1-16(2,3)17-18(14-10-6-4-7-11-14)15-12-8-5-9-13-15;;;;/h4-13H,1-3H3;3*1H3;. The monoisotopic (exact) mass is 420 g/mol. The van der Waals surface area contributed by atoms with Crippen molar-refractivity contribution in [1.82, 2.24) is 0 Å². The zero-order valence-corrected chi connectivity index (χ0v) is 18.5. The van der Waals surface area contributed by atoms with E-state index in [1.165, 1.54) is 10.4 Å². The first kappa shape index (κ1) is 19.5. The van der Waals surface area contributed by atoms with E-state index in [0.717, 1.165) is 0 Å². The Bertz CT molecular complexity index is 478. The number of hydrogen-bond acceptors (Lipinski definition) is 1. The van der Waals surface area contributed by atoms with E-state index in [9.17, 15) is 0 Å². The molecule has 0 aliphatic heterocycles. The van der Waals surface area contributed by atoms with Crippen LogP contribution in [-0.4, -0.2) is 34.4 Å². The molecule has 2 rings (SSSR count). The van der Waals surface area contributed by atoms with E-state index in [1.807, 2.05) is 12.1 Å². The Morgan fingerprint density at radius 1 is 0.727 bits per heavy atom. The predicted octanol–water partition coefficient (Wildman–Crippen LogP) is 3.98. The van der Waals surface area contributed by atoms with Crippen LogP contribution in [0.25, 0.3) is 0 Å². The second kappa shape index (κ2) is 9.53. The summed E-state index contributed by atoms with van der Waals surface area (Å²) in [5, 5.41) is 2.59. The van der Waals surface area contributed by atoms with Crippen molar-refractivity contribution in [3.8, 4) is 0 Å². The van der Waals surface area contributed by atoms with Gasteiger partial charge in [-0.3, -0.25) is 0 Å². The summed E-state index contributed by atoms with van der Waals surface area (Å²) in [6, 6.07) is 21.0. The van der Waals surface area contributed by atoms with E-state index >= 15 is 0 Å². The fraction of sp³-hybridized carbons (Fsp3) is 0.368. The fourth-order valence-corrected chi connectivity index (χ4v) is 3.94. The van der Waals surface area contributed by atoms with Gasteiger partial charge in [-0.1, -0.05) is 60.7 Å². The molecule has 22 heavy (non-hydrogen) atoms. The molecule has 0 N–H and O–H groups in total. The normalized spacial score (nSPS) is 11.3. The summed E-state index contributed by atoms with van der Waals surface area (Å²) in [6.45, 7) is 6.34. The molecule has 2 radical (unpaired) electrons. The van der Waals surface area contributed by atoms with Gasteiger partial charge in [-0.2, -0.15) is 0 Å². The van der Waals surface area contributed by atoms with Crippen LogP contribution in [0.15, 0.2) is 60.7 Å². The first-order chi connectivity index (χ1) is 10.3. The first-order valence-corrected chi connectivity index (χ1v) is 17.7. The second-order valence-electron chi connectivity index (χ2n) is 6.78. The molecule has 1 nitrogen and oxygen atoms in total. The van der Waals surface area contributed by atoms with Crippen LogP contribution in [0.5, 0.6) is 0 Å². The maximum absolute atomic E-state index is 6.31. The Labute approximate surface area is 145 Å². The molecule has 0 aromatic heterocycles. The third-order valence-corrected chi connectivity index (χ3v) is 5.01. The van der Waals surface area contributed by atoms with E-state index in [1.54, 1.807) is 0 Å². The van der Waals surface area contributed by atoms with Crippen LogP contribution in [-0.2, 0) is 4.43 Å². The molecule has 3 heteroatoms. The first-order valence-electron chi connectivity index (χ1n) is 7.73. The predicted molar refractivity (Wildman–Crippen MR) is 102 cm³/mol. The summed E-state index contributed by atoms with van der Waals surface area (Å²) in [4.78, 5) is 7.09. The van der Waals surface area contributed by atoms with Gasteiger partial charge in [-0.25, -0.2) is 0 Å². The van der Waals surface area contributed by atoms with Gasteiger partial charge < -0.3 is 4.43 Å². The minimum atomic E-state index is -1.16. The molecule has 0 saturated carbocycles. The van der Waals surface area contributed by atoms with Crippen molar-refractivity contribution in [2.24, 2.45) is 0 Å². The topological polar surface area (TPSA) is 9.23 Å². The van der Waals surface area contributed by atoms with Crippen LogP contribution in [0, 0.1) is 0 Å². The van der Waals surface area contributed by atoms with Gasteiger partial charge >= 0.3 is 34.6 Å². The molecule has 0 aliphatic rings. The minimum absolute atomic E-state index is 0.125. The van der Waals surface area contributed by atoms with Crippen LogP contribution in [0.3, 0.4) is 0 Å². The van der Waals surface area contributed by atoms with E-state index in [2.05, 4.69) is 84.1 Å². The van der Waals surface area contributed by atoms with E-state index in [4.69, 9.17) is 4.43 Å². The molecule has 2 aromatic carbocycles. The van der Waals surface area contributed by atoms with E-state index in [0.29, 0.717) is 0 Å². The Kier molecular flexibility index (Phi) is 8.43. The second-order valence-corrected chi connectivity index (χ2v) is 17.4. The van der Waals surface area contributed by atoms with Crippen LogP contribution in [0.4, 0.5) is 0 Å². The van der Waals surface area contributed by atoms with Crippen molar-refractivity contribution >= 4 is 39.2 Å². The van der Waals surface area contributed by atoms with Crippen LogP contribution in [0.2, 0.25) is 14.8 Å². The zero-order chi connectivity index (χ0) is 16.6. The van der Waals surface area contributed by atoms with Crippen molar-refractivity contribution in [1.29, 1.82) is 0 Å². The SMILES string of the molecule is CC(C)(C)O[Si](c1ccccc1)c1ccccc1.[CH3][Sn]([CH3])[CH3]. The van der Waals surface area contributed by atoms with Gasteiger partial charge in [-0.05, 0) is 31.1 Å². The molecular formula is C19H28OSiSn. The molecule has 0 atom stereocenters. The van der Waals surface area contributed by atoms with Gasteiger partial charge in [0.1, 0.15) is 0 Å². The van der Waals surface area contributed by atoms with Crippen molar-refractivity contribution < 1.29 is 4.43 Å². The Morgan fingerprint density at radius 2 is 1.05 bits per heavy atom. The number of hydrogen-bond donors (Lipinski definition) is 0. The van der Waals surface area contributed by atoms with Crippen molar-refractivity contribution in [2.45, 2.75) is 41.2 Å². The third-order valence-electron chi connectivity index (χ3n) is 2.48. The van der Waals surface area contributed by atoms with Gasteiger partial charge in [0.05, 0.1) is 0 Å². The van der Waals surface area contributed by atoms with Crippen molar-refractivity contribution in [3.05, 3.63) is 60.7 Å². The molecule has 0 bridgehead atoms. The molecule has 0 saturated heterocycles.